The summed E-state index contributed by atoms with van der Waals surface area (Å²) in [4.78, 5) is 17.3. The quantitative estimate of drug-likeness (QED) is 0.907. The molecule has 1 amide bonds. The number of likely N-dealkylation sites (tertiary alicyclic amines) is 2. The first-order chi connectivity index (χ1) is 12.3. The number of rotatable bonds is 4. The lowest BCUT2D eigenvalue weighted by Gasteiger charge is -2.40. The second-order valence-corrected chi connectivity index (χ2v) is 7.22. The minimum Gasteiger partial charge on any atom is -0.454 e. The SMILES string of the molecule is O=C(CN1CCC(N2CCCCC2)CC1)Nc1ccc2c(c1)OCO2. The molecule has 0 bridgehead atoms. The van der Waals surface area contributed by atoms with Gasteiger partial charge < -0.3 is 19.7 Å². The predicted octanol–water partition coefficient (Wildman–Crippen LogP) is 2.30. The van der Waals surface area contributed by atoms with Gasteiger partial charge in [0.05, 0.1) is 6.54 Å². The lowest BCUT2D eigenvalue weighted by Crippen LogP contribution is -2.48. The molecule has 2 saturated heterocycles. The van der Waals surface area contributed by atoms with Gasteiger partial charge in [-0.3, -0.25) is 9.69 Å². The second kappa shape index (κ2) is 7.62. The van der Waals surface area contributed by atoms with Crippen LogP contribution in [0.1, 0.15) is 32.1 Å². The Morgan fingerprint density at radius 1 is 1.04 bits per heavy atom. The molecule has 25 heavy (non-hydrogen) atoms. The number of amides is 1. The molecule has 6 nitrogen and oxygen atoms in total. The molecule has 3 heterocycles. The van der Waals surface area contributed by atoms with Crippen molar-refractivity contribution in [3.8, 4) is 11.5 Å². The van der Waals surface area contributed by atoms with E-state index in [1.165, 1.54) is 45.2 Å². The van der Waals surface area contributed by atoms with Crippen LogP contribution in [0.5, 0.6) is 11.5 Å². The number of ether oxygens (including phenoxy) is 2. The van der Waals surface area contributed by atoms with Gasteiger partial charge in [0.1, 0.15) is 0 Å². The third-order valence-electron chi connectivity index (χ3n) is 5.49. The van der Waals surface area contributed by atoms with Gasteiger partial charge in [0, 0.05) is 30.9 Å². The first kappa shape index (κ1) is 16.7. The molecule has 3 aliphatic rings. The number of nitrogens with one attached hydrogen (secondary N) is 1. The van der Waals surface area contributed by atoms with Crippen molar-refractivity contribution in [2.75, 3.05) is 44.8 Å². The summed E-state index contributed by atoms with van der Waals surface area (Å²) < 4.78 is 10.6. The first-order valence-corrected chi connectivity index (χ1v) is 9.44. The summed E-state index contributed by atoms with van der Waals surface area (Å²) in [6.45, 7) is 5.25. The van der Waals surface area contributed by atoms with Crippen LogP contribution in [0.4, 0.5) is 5.69 Å². The van der Waals surface area contributed by atoms with Crippen molar-refractivity contribution in [2.45, 2.75) is 38.1 Å². The minimum absolute atomic E-state index is 0.0373. The van der Waals surface area contributed by atoms with Gasteiger partial charge in [-0.05, 0) is 50.9 Å². The normalized spacial score (nSPS) is 22.1. The Morgan fingerprint density at radius 2 is 1.80 bits per heavy atom. The summed E-state index contributed by atoms with van der Waals surface area (Å²) in [5, 5.41) is 2.97. The largest absolute Gasteiger partial charge is 0.454 e. The maximum Gasteiger partial charge on any atom is 0.238 e. The second-order valence-electron chi connectivity index (χ2n) is 7.22. The van der Waals surface area contributed by atoms with E-state index in [2.05, 4.69) is 15.1 Å². The Balaban J connectivity index is 1.23. The highest BCUT2D eigenvalue weighted by atomic mass is 16.7. The molecular weight excluding hydrogens is 318 g/mol. The lowest BCUT2D eigenvalue weighted by molar-refractivity contribution is -0.117. The van der Waals surface area contributed by atoms with Crippen molar-refractivity contribution in [3.63, 3.8) is 0 Å². The molecule has 2 fully saturated rings. The summed E-state index contributed by atoms with van der Waals surface area (Å²) >= 11 is 0. The molecule has 0 saturated carbocycles. The number of hydrogen-bond acceptors (Lipinski definition) is 5. The molecule has 0 atom stereocenters. The van der Waals surface area contributed by atoms with E-state index in [9.17, 15) is 4.79 Å². The van der Waals surface area contributed by atoms with Gasteiger partial charge in [-0.15, -0.1) is 0 Å². The third-order valence-corrected chi connectivity index (χ3v) is 5.49. The van der Waals surface area contributed by atoms with Crippen molar-refractivity contribution >= 4 is 11.6 Å². The molecule has 1 N–H and O–H groups in total. The standard InChI is InChI=1S/C19H27N3O3/c23-19(20-15-4-5-17-18(12-15)25-14-24-17)13-21-10-6-16(7-11-21)22-8-2-1-3-9-22/h4-5,12,16H,1-3,6-11,13-14H2,(H,20,23). The highest BCUT2D eigenvalue weighted by molar-refractivity contribution is 5.92. The van der Waals surface area contributed by atoms with Crippen molar-refractivity contribution < 1.29 is 14.3 Å². The highest BCUT2D eigenvalue weighted by Crippen LogP contribution is 2.34. The number of fused-ring (bicyclic) bond motifs is 1. The molecule has 0 radical (unpaired) electrons. The van der Waals surface area contributed by atoms with E-state index in [-0.39, 0.29) is 12.7 Å². The fourth-order valence-corrected chi connectivity index (χ4v) is 4.10. The summed E-state index contributed by atoms with van der Waals surface area (Å²) in [7, 11) is 0. The van der Waals surface area contributed by atoms with Gasteiger partial charge in [0.2, 0.25) is 12.7 Å². The Kier molecular flexibility index (Phi) is 5.08. The van der Waals surface area contributed by atoms with E-state index in [1.807, 2.05) is 18.2 Å². The molecular formula is C19H27N3O3. The van der Waals surface area contributed by atoms with Crippen LogP contribution >= 0.6 is 0 Å². The van der Waals surface area contributed by atoms with Crippen LogP contribution < -0.4 is 14.8 Å². The van der Waals surface area contributed by atoms with Crippen molar-refractivity contribution in [2.24, 2.45) is 0 Å². The average molecular weight is 345 g/mol. The molecule has 0 unspecified atom stereocenters. The number of anilines is 1. The summed E-state index contributed by atoms with van der Waals surface area (Å²) in [6, 6.07) is 6.23. The Bertz CT molecular complexity index is 608. The van der Waals surface area contributed by atoms with Gasteiger partial charge in [-0.1, -0.05) is 6.42 Å². The summed E-state index contributed by atoms with van der Waals surface area (Å²) in [6.07, 6.45) is 6.43. The number of hydrogen-bond donors (Lipinski definition) is 1. The van der Waals surface area contributed by atoms with Crippen LogP contribution in [0.15, 0.2) is 18.2 Å². The Hall–Kier alpha value is -1.79. The lowest BCUT2D eigenvalue weighted by atomic mass is 10.00. The predicted molar refractivity (Wildman–Crippen MR) is 96.1 cm³/mol. The maximum atomic E-state index is 12.3. The molecule has 0 spiro atoms. The molecule has 0 aliphatic carbocycles. The van der Waals surface area contributed by atoms with Crippen LogP contribution in [0.3, 0.4) is 0 Å². The number of carbonyl (C=O) groups excluding carboxylic acids is 1. The number of piperidine rings is 2. The van der Waals surface area contributed by atoms with Crippen molar-refractivity contribution in [3.05, 3.63) is 18.2 Å². The highest BCUT2D eigenvalue weighted by Gasteiger charge is 2.26. The Labute approximate surface area is 149 Å². The van der Waals surface area contributed by atoms with E-state index < -0.39 is 0 Å². The maximum absolute atomic E-state index is 12.3. The minimum atomic E-state index is 0.0373. The number of benzene rings is 1. The number of carbonyl (C=O) groups is 1. The van der Waals surface area contributed by atoms with Crippen LogP contribution in [-0.2, 0) is 4.79 Å². The molecule has 6 heteroatoms. The van der Waals surface area contributed by atoms with E-state index in [4.69, 9.17) is 9.47 Å². The van der Waals surface area contributed by atoms with Gasteiger partial charge >= 0.3 is 0 Å². The zero-order valence-corrected chi connectivity index (χ0v) is 14.7. The summed E-state index contributed by atoms with van der Waals surface area (Å²) in [5.74, 6) is 1.47. The molecule has 3 aliphatic heterocycles. The molecule has 0 aromatic heterocycles. The zero-order chi connectivity index (χ0) is 17.1. The first-order valence-electron chi connectivity index (χ1n) is 9.44. The molecule has 136 valence electrons. The van der Waals surface area contributed by atoms with Crippen LogP contribution in [-0.4, -0.2) is 61.3 Å². The van der Waals surface area contributed by atoms with Crippen LogP contribution in [0.25, 0.3) is 0 Å². The summed E-state index contributed by atoms with van der Waals surface area (Å²) in [5.41, 5.74) is 0.762. The van der Waals surface area contributed by atoms with Gasteiger partial charge in [0.15, 0.2) is 11.5 Å². The Morgan fingerprint density at radius 3 is 2.60 bits per heavy atom. The third kappa shape index (κ3) is 4.07. The van der Waals surface area contributed by atoms with Gasteiger partial charge in [-0.2, -0.15) is 0 Å². The fourth-order valence-electron chi connectivity index (χ4n) is 4.10. The zero-order valence-electron chi connectivity index (χ0n) is 14.7. The van der Waals surface area contributed by atoms with Crippen molar-refractivity contribution in [1.82, 2.24) is 9.80 Å². The average Bonchev–Trinajstić information content (AvgIpc) is 3.11. The van der Waals surface area contributed by atoms with E-state index in [1.54, 1.807) is 0 Å². The van der Waals surface area contributed by atoms with Gasteiger partial charge in [0.25, 0.3) is 0 Å². The van der Waals surface area contributed by atoms with Crippen LogP contribution in [0, 0.1) is 0 Å². The number of nitrogens with zero attached hydrogens (tertiary/aromatic N) is 2. The fraction of sp³-hybridized carbons (Fsp3) is 0.632. The van der Waals surface area contributed by atoms with Crippen molar-refractivity contribution in [1.29, 1.82) is 0 Å². The monoisotopic (exact) mass is 345 g/mol. The van der Waals surface area contributed by atoms with E-state index in [0.717, 1.165) is 24.5 Å². The van der Waals surface area contributed by atoms with Crippen LogP contribution in [0.2, 0.25) is 0 Å². The smallest absolute Gasteiger partial charge is 0.238 e. The topological polar surface area (TPSA) is 54.0 Å². The van der Waals surface area contributed by atoms with E-state index in [0.29, 0.717) is 18.3 Å². The molecule has 1 aromatic rings. The molecule has 4 rings (SSSR count). The van der Waals surface area contributed by atoms with E-state index >= 15 is 0 Å². The van der Waals surface area contributed by atoms with Gasteiger partial charge in [-0.25, -0.2) is 0 Å². The molecule has 1 aromatic carbocycles.